The minimum absolute atomic E-state index is 0.277. The van der Waals surface area contributed by atoms with Crippen molar-refractivity contribution in [2.24, 2.45) is 5.92 Å². The van der Waals surface area contributed by atoms with Crippen molar-refractivity contribution in [2.45, 2.75) is 33.4 Å². The van der Waals surface area contributed by atoms with Gasteiger partial charge in [0.2, 0.25) is 0 Å². The van der Waals surface area contributed by atoms with Gasteiger partial charge in [-0.15, -0.1) is 11.3 Å². The number of alkyl halides is 2. The van der Waals surface area contributed by atoms with Crippen molar-refractivity contribution in [3.05, 3.63) is 21.9 Å². The van der Waals surface area contributed by atoms with E-state index in [1.807, 2.05) is 12.1 Å². The van der Waals surface area contributed by atoms with Crippen LogP contribution in [-0.4, -0.2) is 19.6 Å². The first-order chi connectivity index (χ1) is 8.08. The van der Waals surface area contributed by atoms with Crippen molar-refractivity contribution in [1.29, 1.82) is 0 Å². The van der Waals surface area contributed by atoms with Gasteiger partial charge in [0, 0.05) is 16.3 Å². The fourth-order valence-corrected chi connectivity index (χ4v) is 2.25. The zero-order valence-corrected chi connectivity index (χ0v) is 11.0. The highest BCUT2D eigenvalue weighted by molar-refractivity contribution is 7.11. The molecule has 1 aromatic heterocycles. The van der Waals surface area contributed by atoms with Gasteiger partial charge in [0.25, 0.3) is 6.43 Å². The zero-order chi connectivity index (χ0) is 12.7. The molecule has 98 valence electrons. The second-order valence-corrected chi connectivity index (χ2v) is 5.55. The van der Waals surface area contributed by atoms with Gasteiger partial charge in [0.15, 0.2) is 0 Å². The predicted molar refractivity (Wildman–Crippen MR) is 66.5 cm³/mol. The normalized spacial score (nSPS) is 11.6. The van der Waals surface area contributed by atoms with Crippen LogP contribution < -0.4 is 5.32 Å². The maximum atomic E-state index is 11.9. The van der Waals surface area contributed by atoms with Crippen molar-refractivity contribution >= 4 is 11.3 Å². The van der Waals surface area contributed by atoms with Crippen LogP contribution in [0.5, 0.6) is 0 Å². The predicted octanol–water partition coefficient (Wildman–Crippen LogP) is 3.28. The lowest BCUT2D eigenvalue weighted by atomic mass is 10.2. The van der Waals surface area contributed by atoms with Crippen molar-refractivity contribution in [2.75, 3.05) is 13.2 Å². The summed E-state index contributed by atoms with van der Waals surface area (Å²) in [6.45, 7) is 5.92. The molecule has 1 aromatic rings. The van der Waals surface area contributed by atoms with E-state index in [1.54, 1.807) is 11.3 Å². The highest BCUT2D eigenvalue weighted by atomic mass is 32.1. The lowest BCUT2D eigenvalue weighted by Crippen LogP contribution is -2.18. The second-order valence-electron chi connectivity index (χ2n) is 4.30. The molecule has 0 saturated carbocycles. The van der Waals surface area contributed by atoms with Gasteiger partial charge in [-0.25, -0.2) is 8.78 Å². The van der Waals surface area contributed by atoms with Crippen LogP contribution in [0.2, 0.25) is 0 Å². The number of hydrogen-bond acceptors (Lipinski definition) is 3. The smallest absolute Gasteiger partial charge is 0.261 e. The van der Waals surface area contributed by atoms with Crippen LogP contribution in [0.4, 0.5) is 8.78 Å². The Balaban J connectivity index is 2.23. The average molecular weight is 263 g/mol. The molecule has 5 heteroatoms. The molecular formula is C12H19F2NOS. The third-order valence-corrected chi connectivity index (χ3v) is 3.12. The van der Waals surface area contributed by atoms with Crippen molar-refractivity contribution < 1.29 is 13.5 Å². The van der Waals surface area contributed by atoms with Crippen LogP contribution in [0, 0.1) is 5.92 Å². The minimum Gasteiger partial charge on any atom is -0.370 e. The summed E-state index contributed by atoms with van der Waals surface area (Å²) < 4.78 is 28.6. The molecule has 1 rings (SSSR count). The van der Waals surface area contributed by atoms with Crippen LogP contribution in [0.3, 0.4) is 0 Å². The van der Waals surface area contributed by atoms with Crippen molar-refractivity contribution in [3.8, 4) is 0 Å². The number of rotatable bonds is 8. The Kier molecular flexibility index (Phi) is 6.62. The van der Waals surface area contributed by atoms with Gasteiger partial charge in [-0.3, -0.25) is 0 Å². The van der Waals surface area contributed by atoms with Crippen LogP contribution in [0.25, 0.3) is 0 Å². The molecule has 0 unspecified atom stereocenters. The van der Waals surface area contributed by atoms with E-state index in [0.717, 1.165) is 18.0 Å². The monoisotopic (exact) mass is 263 g/mol. The summed E-state index contributed by atoms with van der Waals surface area (Å²) in [6, 6.07) is 3.95. The molecule has 0 spiro atoms. The van der Waals surface area contributed by atoms with Crippen LogP contribution in [0.15, 0.2) is 12.1 Å². The van der Waals surface area contributed by atoms with E-state index in [2.05, 4.69) is 19.2 Å². The lowest BCUT2D eigenvalue weighted by Gasteiger charge is -2.05. The standard InChI is InChI=1S/C12H19F2NOS/c1-9(2)5-15-6-10-3-4-11(17-10)7-16-8-12(13)14/h3-4,9,12,15H,5-8H2,1-2H3. The lowest BCUT2D eigenvalue weighted by molar-refractivity contribution is 0.0108. The largest absolute Gasteiger partial charge is 0.370 e. The first-order valence-corrected chi connectivity index (χ1v) is 6.53. The quantitative estimate of drug-likeness (QED) is 0.777. The molecule has 17 heavy (non-hydrogen) atoms. The van der Waals surface area contributed by atoms with Gasteiger partial charge in [-0.05, 0) is 24.6 Å². The van der Waals surface area contributed by atoms with E-state index in [0.29, 0.717) is 5.92 Å². The van der Waals surface area contributed by atoms with Gasteiger partial charge < -0.3 is 10.1 Å². The topological polar surface area (TPSA) is 21.3 Å². The summed E-state index contributed by atoms with van der Waals surface area (Å²) in [5.74, 6) is 0.629. The Morgan fingerprint density at radius 2 is 2.00 bits per heavy atom. The maximum absolute atomic E-state index is 11.9. The third-order valence-electron chi connectivity index (χ3n) is 2.06. The summed E-state index contributed by atoms with van der Waals surface area (Å²) >= 11 is 1.60. The summed E-state index contributed by atoms with van der Waals surface area (Å²) in [5.41, 5.74) is 0. The number of hydrogen-bond donors (Lipinski definition) is 1. The molecule has 0 bridgehead atoms. The molecule has 1 heterocycles. The van der Waals surface area contributed by atoms with E-state index in [4.69, 9.17) is 4.74 Å². The number of ether oxygens (including phenoxy) is 1. The summed E-state index contributed by atoms with van der Waals surface area (Å²) in [7, 11) is 0. The summed E-state index contributed by atoms with van der Waals surface area (Å²) in [5, 5.41) is 3.34. The molecule has 0 aliphatic carbocycles. The maximum Gasteiger partial charge on any atom is 0.261 e. The molecule has 0 saturated heterocycles. The highest BCUT2D eigenvalue weighted by Crippen LogP contribution is 2.17. The summed E-state index contributed by atoms with van der Waals surface area (Å²) in [6.07, 6.45) is -2.39. The van der Waals surface area contributed by atoms with Gasteiger partial charge in [-0.1, -0.05) is 13.8 Å². The number of halogens is 2. The van der Waals surface area contributed by atoms with Gasteiger partial charge >= 0.3 is 0 Å². The zero-order valence-electron chi connectivity index (χ0n) is 10.2. The average Bonchev–Trinajstić information content (AvgIpc) is 2.65. The SMILES string of the molecule is CC(C)CNCc1ccc(COCC(F)F)s1. The molecule has 0 amide bonds. The number of nitrogens with one attached hydrogen (secondary N) is 1. The van der Waals surface area contributed by atoms with Crippen LogP contribution in [-0.2, 0) is 17.9 Å². The molecule has 0 fully saturated rings. The Labute approximate surface area is 105 Å². The molecule has 0 aliphatic heterocycles. The van der Waals surface area contributed by atoms with E-state index in [-0.39, 0.29) is 6.61 Å². The fraction of sp³-hybridized carbons (Fsp3) is 0.667. The Morgan fingerprint density at radius 1 is 1.29 bits per heavy atom. The van der Waals surface area contributed by atoms with E-state index < -0.39 is 13.0 Å². The van der Waals surface area contributed by atoms with Gasteiger partial charge in [-0.2, -0.15) is 0 Å². The van der Waals surface area contributed by atoms with E-state index >= 15 is 0 Å². The Morgan fingerprint density at radius 3 is 2.65 bits per heavy atom. The first-order valence-electron chi connectivity index (χ1n) is 5.72. The molecule has 0 aliphatic rings. The minimum atomic E-state index is -2.39. The number of thiophene rings is 1. The third kappa shape index (κ3) is 6.71. The molecule has 0 radical (unpaired) electrons. The Bertz CT molecular complexity index is 287. The van der Waals surface area contributed by atoms with Crippen LogP contribution >= 0.6 is 11.3 Å². The molecule has 2 nitrogen and oxygen atoms in total. The van der Waals surface area contributed by atoms with Gasteiger partial charge in [0.05, 0.1) is 6.61 Å². The van der Waals surface area contributed by atoms with E-state index in [1.165, 1.54) is 4.88 Å². The van der Waals surface area contributed by atoms with Crippen molar-refractivity contribution in [1.82, 2.24) is 5.32 Å². The highest BCUT2D eigenvalue weighted by Gasteiger charge is 2.04. The second kappa shape index (κ2) is 7.74. The first kappa shape index (κ1) is 14.5. The van der Waals surface area contributed by atoms with Crippen LogP contribution in [0.1, 0.15) is 23.6 Å². The molecule has 0 atom stereocenters. The van der Waals surface area contributed by atoms with Crippen molar-refractivity contribution in [3.63, 3.8) is 0 Å². The van der Waals surface area contributed by atoms with Gasteiger partial charge in [0.1, 0.15) is 6.61 Å². The summed E-state index contributed by atoms with van der Waals surface area (Å²) in [4.78, 5) is 2.20. The fourth-order valence-electron chi connectivity index (χ4n) is 1.33. The molecule has 1 N–H and O–H groups in total. The molecule has 0 aromatic carbocycles. The molecular weight excluding hydrogens is 244 g/mol. The van der Waals surface area contributed by atoms with E-state index in [9.17, 15) is 8.78 Å². The Hall–Kier alpha value is -0.520.